The van der Waals surface area contributed by atoms with E-state index in [9.17, 15) is 13.2 Å². The molecule has 0 saturated carbocycles. The molecule has 1 rings (SSSR count). The van der Waals surface area contributed by atoms with Crippen LogP contribution in [0.25, 0.3) is 0 Å². The van der Waals surface area contributed by atoms with Crippen LogP contribution in [0.4, 0.5) is 0 Å². The molecule has 18 heavy (non-hydrogen) atoms. The molecule has 0 aliphatic rings. The van der Waals surface area contributed by atoms with Gasteiger partial charge in [0.1, 0.15) is 0 Å². The Morgan fingerprint density at radius 3 is 2.72 bits per heavy atom. The van der Waals surface area contributed by atoms with Crippen molar-refractivity contribution < 1.29 is 23.4 Å². The van der Waals surface area contributed by atoms with Crippen molar-refractivity contribution in [2.45, 2.75) is 23.5 Å². The van der Waals surface area contributed by atoms with Gasteiger partial charge in [-0.15, -0.1) is 11.3 Å². The number of nitrogens with one attached hydrogen (secondary N) is 1. The molecule has 0 unspecified atom stereocenters. The number of thiazole rings is 1. The fourth-order valence-corrected chi connectivity index (χ4v) is 3.51. The van der Waals surface area contributed by atoms with E-state index in [0.717, 1.165) is 11.3 Å². The van der Waals surface area contributed by atoms with Crippen LogP contribution in [0.3, 0.4) is 0 Å². The Hall–Kier alpha value is -1.03. The van der Waals surface area contributed by atoms with Crippen LogP contribution in [0.1, 0.15) is 29.8 Å². The van der Waals surface area contributed by atoms with E-state index in [1.807, 2.05) is 0 Å². The maximum Gasteiger partial charge on any atom is 0.356 e. The summed E-state index contributed by atoms with van der Waals surface area (Å²) in [5.74, 6) is -1.36. The molecule has 0 radical (unpaired) electrons. The summed E-state index contributed by atoms with van der Waals surface area (Å²) >= 11 is 0.771. The Labute approximate surface area is 109 Å². The minimum atomic E-state index is -3.82. The molecule has 0 atom stereocenters. The zero-order chi connectivity index (χ0) is 13.6. The molecule has 0 saturated heterocycles. The van der Waals surface area contributed by atoms with Crippen molar-refractivity contribution in [3.63, 3.8) is 0 Å². The number of carbonyl (C=O) groups is 1. The Morgan fingerprint density at radius 1 is 1.39 bits per heavy atom. The standard InChI is InChI=1S/C9H14N2O5S2/c12-5-3-1-2-4-11-18(15,16)9-7(8(13)14)10-6-17-9/h6,11-12H,1-5H2,(H,13,14). The Bertz CT molecular complexity index is 497. The number of sulfonamides is 1. The summed E-state index contributed by atoms with van der Waals surface area (Å²) < 4.78 is 25.6. The largest absolute Gasteiger partial charge is 0.476 e. The number of aromatic nitrogens is 1. The number of hydrogen-bond donors (Lipinski definition) is 3. The lowest BCUT2D eigenvalue weighted by Crippen LogP contribution is -2.25. The number of carboxylic acid groups (broad SMARTS) is 1. The van der Waals surface area contributed by atoms with E-state index in [1.165, 1.54) is 5.51 Å². The number of nitrogens with zero attached hydrogens (tertiary/aromatic N) is 1. The molecule has 0 spiro atoms. The summed E-state index contributed by atoms with van der Waals surface area (Å²) in [5.41, 5.74) is 0.729. The third-order valence-electron chi connectivity index (χ3n) is 2.11. The monoisotopic (exact) mass is 294 g/mol. The molecular formula is C9H14N2O5S2. The highest BCUT2D eigenvalue weighted by molar-refractivity contribution is 7.91. The lowest BCUT2D eigenvalue weighted by atomic mass is 10.2. The molecule has 0 bridgehead atoms. The minimum Gasteiger partial charge on any atom is -0.476 e. The van der Waals surface area contributed by atoms with Crippen molar-refractivity contribution >= 4 is 27.3 Å². The first-order valence-corrected chi connectivity index (χ1v) is 7.62. The number of aliphatic hydroxyl groups excluding tert-OH is 1. The zero-order valence-electron chi connectivity index (χ0n) is 9.50. The molecule has 0 amide bonds. The van der Waals surface area contributed by atoms with Gasteiger partial charge in [0.05, 0.1) is 5.51 Å². The van der Waals surface area contributed by atoms with Crippen LogP contribution in [0.15, 0.2) is 9.72 Å². The van der Waals surface area contributed by atoms with Crippen molar-refractivity contribution in [1.82, 2.24) is 9.71 Å². The molecule has 1 aromatic rings. The smallest absolute Gasteiger partial charge is 0.356 e. The molecule has 0 aromatic carbocycles. The van der Waals surface area contributed by atoms with Crippen LogP contribution >= 0.6 is 11.3 Å². The van der Waals surface area contributed by atoms with Crippen molar-refractivity contribution in [2.24, 2.45) is 0 Å². The molecule has 1 heterocycles. The molecule has 0 aliphatic heterocycles. The zero-order valence-corrected chi connectivity index (χ0v) is 11.1. The second kappa shape index (κ2) is 6.78. The quantitative estimate of drug-likeness (QED) is 0.593. The molecule has 3 N–H and O–H groups in total. The van der Waals surface area contributed by atoms with Crippen molar-refractivity contribution in [3.05, 3.63) is 11.2 Å². The van der Waals surface area contributed by atoms with Gasteiger partial charge in [-0.2, -0.15) is 0 Å². The number of unbranched alkanes of at least 4 members (excludes halogenated alkanes) is 2. The molecular weight excluding hydrogens is 280 g/mol. The molecule has 0 aliphatic carbocycles. The summed E-state index contributed by atoms with van der Waals surface area (Å²) in [6.45, 7) is 0.282. The number of carboxylic acids is 1. The second-order valence-corrected chi connectivity index (χ2v) is 6.29. The SMILES string of the molecule is O=C(O)c1ncsc1S(=O)(=O)NCCCCCO. The maximum atomic E-state index is 11.8. The lowest BCUT2D eigenvalue weighted by molar-refractivity contribution is 0.0687. The Balaban J connectivity index is 2.63. The van der Waals surface area contributed by atoms with E-state index in [4.69, 9.17) is 10.2 Å². The van der Waals surface area contributed by atoms with Crippen molar-refractivity contribution in [1.29, 1.82) is 0 Å². The first-order chi connectivity index (χ1) is 8.49. The molecule has 1 aromatic heterocycles. The summed E-state index contributed by atoms with van der Waals surface area (Å²) in [5, 5.41) is 17.3. The summed E-state index contributed by atoms with van der Waals surface area (Å²) in [6, 6.07) is 0. The number of aromatic carboxylic acids is 1. The highest BCUT2D eigenvalue weighted by Crippen LogP contribution is 2.19. The predicted octanol–water partition coefficient (Wildman–Crippen LogP) is 0.282. The maximum absolute atomic E-state index is 11.8. The third-order valence-corrected chi connectivity index (χ3v) is 4.94. The van der Waals surface area contributed by atoms with Crippen LogP contribution < -0.4 is 4.72 Å². The minimum absolute atomic E-state index is 0.0742. The van der Waals surface area contributed by atoms with Gasteiger partial charge in [0.15, 0.2) is 9.90 Å². The third kappa shape index (κ3) is 4.02. The van der Waals surface area contributed by atoms with Gasteiger partial charge in [-0.1, -0.05) is 0 Å². The lowest BCUT2D eigenvalue weighted by Gasteiger charge is -2.04. The van der Waals surface area contributed by atoms with Crippen molar-refractivity contribution in [2.75, 3.05) is 13.2 Å². The predicted molar refractivity (Wildman–Crippen MR) is 65.2 cm³/mol. The Morgan fingerprint density at radius 2 is 2.11 bits per heavy atom. The van der Waals surface area contributed by atoms with E-state index in [-0.39, 0.29) is 17.4 Å². The fraction of sp³-hybridized carbons (Fsp3) is 0.556. The highest BCUT2D eigenvalue weighted by atomic mass is 32.2. The average Bonchev–Trinajstić information content (AvgIpc) is 2.78. The second-order valence-electron chi connectivity index (χ2n) is 3.48. The van der Waals surface area contributed by atoms with E-state index >= 15 is 0 Å². The van der Waals surface area contributed by atoms with Crippen LogP contribution in [0.5, 0.6) is 0 Å². The van der Waals surface area contributed by atoms with Gasteiger partial charge < -0.3 is 10.2 Å². The number of hydrogen-bond acceptors (Lipinski definition) is 6. The first-order valence-electron chi connectivity index (χ1n) is 5.26. The molecule has 0 fully saturated rings. The van der Waals surface area contributed by atoms with Gasteiger partial charge >= 0.3 is 5.97 Å². The number of aliphatic hydroxyl groups is 1. The van der Waals surface area contributed by atoms with Gasteiger partial charge in [0.2, 0.25) is 0 Å². The topological polar surface area (TPSA) is 117 Å². The van der Waals surface area contributed by atoms with E-state index in [1.54, 1.807) is 0 Å². The summed E-state index contributed by atoms with van der Waals surface area (Å²) in [6.07, 6.45) is 1.90. The summed E-state index contributed by atoms with van der Waals surface area (Å²) in [4.78, 5) is 14.3. The van der Waals surface area contributed by atoms with Gasteiger partial charge in [-0.05, 0) is 19.3 Å². The molecule has 102 valence electrons. The van der Waals surface area contributed by atoms with Gasteiger partial charge in [0, 0.05) is 13.2 Å². The normalized spacial score (nSPS) is 11.6. The van der Waals surface area contributed by atoms with E-state index in [2.05, 4.69) is 9.71 Å². The van der Waals surface area contributed by atoms with E-state index < -0.39 is 21.7 Å². The van der Waals surface area contributed by atoms with Gasteiger partial charge in [0.25, 0.3) is 10.0 Å². The molecule has 9 heteroatoms. The van der Waals surface area contributed by atoms with Crippen LogP contribution in [-0.2, 0) is 10.0 Å². The summed E-state index contributed by atoms with van der Waals surface area (Å²) in [7, 11) is -3.82. The highest BCUT2D eigenvalue weighted by Gasteiger charge is 2.24. The van der Waals surface area contributed by atoms with Crippen molar-refractivity contribution in [3.8, 4) is 0 Å². The van der Waals surface area contributed by atoms with Crippen LogP contribution in [0.2, 0.25) is 0 Å². The van der Waals surface area contributed by atoms with E-state index in [0.29, 0.717) is 19.3 Å². The van der Waals surface area contributed by atoms with Gasteiger partial charge in [-0.3, -0.25) is 0 Å². The fourth-order valence-electron chi connectivity index (χ4n) is 1.25. The average molecular weight is 294 g/mol. The Kier molecular flexibility index (Phi) is 5.66. The molecule has 7 nitrogen and oxygen atoms in total. The number of rotatable bonds is 8. The first kappa shape index (κ1) is 15.0. The van der Waals surface area contributed by atoms with Crippen LogP contribution in [0, 0.1) is 0 Å². The van der Waals surface area contributed by atoms with Crippen LogP contribution in [-0.4, -0.2) is 42.7 Å². The van der Waals surface area contributed by atoms with Gasteiger partial charge in [-0.25, -0.2) is 22.9 Å².